The molecular weight excluding hydrogens is 316 g/mol. The van der Waals surface area contributed by atoms with Crippen LogP contribution in [0.4, 0.5) is 0 Å². The third-order valence-electron chi connectivity index (χ3n) is 3.59. The van der Waals surface area contributed by atoms with Crippen LogP contribution in [0.1, 0.15) is 45.9 Å². The van der Waals surface area contributed by atoms with Crippen molar-refractivity contribution in [2.75, 3.05) is 6.54 Å². The van der Waals surface area contributed by atoms with Crippen molar-refractivity contribution < 1.29 is 13.2 Å². The van der Waals surface area contributed by atoms with Gasteiger partial charge in [0.15, 0.2) is 5.03 Å². The van der Waals surface area contributed by atoms with Crippen molar-refractivity contribution >= 4 is 15.9 Å². The van der Waals surface area contributed by atoms with Crippen LogP contribution in [0.2, 0.25) is 0 Å². The minimum atomic E-state index is -3.67. The molecule has 0 spiro atoms. The van der Waals surface area contributed by atoms with Crippen LogP contribution in [0, 0.1) is 12.8 Å². The molecule has 0 aliphatic rings. The predicted molar refractivity (Wildman–Crippen MR) is 89.4 cm³/mol. The van der Waals surface area contributed by atoms with Crippen molar-refractivity contribution in [2.45, 2.75) is 58.0 Å². The fourth-order valence-electron chi connectivity index (χ4n) is 2.03. The molecule has 23 heavy (non-hydrogen) atoms. The first-order valence-corrected chi connectivity index (χ1v) is 9.39. The van der Waals surface area contributed by atoms with E-state index in [-0.39, 0.29) is 29.9 Å². The zero-order valence-corrected chi connectivity index (χ0v) is 15.4. The molecule has 0 radical (unpaired) electrons. The fourth-order valence-corrected chi connectivity index (χ4v) is 3.10. The lowest BCUT2D eigenvalue weighted by Gasteiger charge is -2.15. The number of imidazole rings is 1. The molecule has 2 N–H and O–H groups in total. The van der Waals surface area contributed by atoms with Gasteiger partial charge in [-0.15, -0.1) is 0 Å². The maximum Gasteiger partial charge on any atom is 0.259 e. The summed E-state index contributed by atoms with van der Waals surface area (Å²) in [6.07, 6.45) is 3.53. The van der Waals surface area contributed by atoms with Crippen molar-refractivity contribution in [1.29, 1.82) is 0 Å². The Hall–Kier alpha value is -1.41. The van der Waals surface area contributed by atoms with Crippen molar-refractivity contribution in [2.24, 2.45) is 13.0 Å². The number of carbonyl (C=O) groups is 1. The second-order valence-electron chi connectivity index (χ2n) is 6.32. The second-order valence-corrected chi connectivity index (χ2v) is 8.04. The summed E-state index contributed by atoms with van der Waals surface area (Å²) in [7, 11) is -1.94. The van der Waals surface area contributed by atoms with Crippen molar-refractivity contribution in [3.63, 3.8) is 0 Å². The Bertz CT molecular complexity index is 603. The van der Waals surface area contributed by atoms with Gasteiger partial charge in [0.25, 0.3) is 10.0 Å². The molecule has 1 rings (SSSR count). The van der Waals surface area contributed by atoms with Gasteiger partial charge in [0.1, 0.15) is 5.82 Å². The van der Waals surface area contributed by atoms with Gasteiger partial charge in [-0.2, -0.15) is 0 Å². The Labute approximate surface area is 138 Å². The summed E-state index contributed by atoms with van der Waals surface area (Å²) in [5, 5.41) is 2.86. The highest BCUT2D eigenvalue weighted by atomic mass is 32.2. The van der Waals surface area contributed by atoms with Gasteiger partial charge in [-0.05, 0) is 32.6 Å². The van der Waals surface area contributed by atoms with Crippen LogP contribution >= 0.6 is 0 Å². The smallest absolute Gasteiger partial charge is 0.259 e. The summed E-state index contributed by atoms with van der Waals surface area (Å²) in [6.45, 7) is 8.03. The number of nitrogens with one attached hydrogen (secondary N) is 2. The SMILES string of the molecule is Cc1nc(S(=O)(=O)NCCC(=O)NC(C)CCC(C)C)cn1C. The van der Waals surface area contributed by atoms with Gasteiger partial charge < -0.3 is 9.88 Å². The first-order chi connectivity index (χ1) is 10.6. The van der Waals surface area contributed by atoms with Crippen LogP contribution in [-0.4, -0.2) is 36.5 Å². The zero-order chi connectivity index (χ0) is 17.6. The van der Waals surface area contributed by atoms with Gasteiger partial charge in [0.2, 0.25) is 5.91 Å². The van der Waals surface area contributed by atoms with E-state index < -0.39 is 10.0 Å². The molecule has 132 valence electrons. The van der Waals surface area contributed by atoms with Crippen molar-refractivity contribution in [3.8, 4) is 0 Å². The summed E-state index contributed by atoms with van der Waals surface area (Å²) in [5.74, 6) is 1.06. The van der Waals surface area contributed by atoms with E-state index in [4.69, 9.17) is 0 Å². The van der Waals surface area contributed by atoms with Crippen LogP contribution in [0.3, 0.4) is 0 Å². The van der Waals surface area contributed by atoms with E-state index in [2.05, 4.69) is 28.9 Å². The summed E-state index contributed by atoms with van der Waals surface area (Å²) in [6, 6.07) is 0.0972. The van der Waals surface area contributed by atoms with Crippen molar-refractivity contribution in [3.05, 3.63) is 12.0 Å². The minimum absolute atomic E-state index is 0.0248. The predicted octanol–water partition coefficient (Wildman–Crippen LogP) is 1.34. The van der Waals surface area contributed by atoms with Gasteiger partial charge in [-0.25, -0.2) is 18.1 Å². The van der Waals surface area contributed by atoms with Gasteiger partial charge in [0, 0.05) is 32.3 Å². The fraction of sp³-hybridized carbons (Fsp3) is 0.733. The highest BCUT2D eigenvalue weighted by Crippen LogP contribution is 2.08. The number of hydrogen-bond donors (Lipinski definition) is 2. The molecule has 0 bridgehead atoms. The maximum atomic E-state index is 12.1. The number of amides is 1. The molecule has 7 nitrogen and oxygen atoms in total. The molecule has 1 aromatic heterocycles. The number of nitrogens with zero attached hydrogens (tertiary/aromatic N) is 2. The van der Waals surface area contributed by atoms with E-state index in [1.807, 2.05) is 6.92 Å². The average Bonchev–Trinajstić information content (AvgIpc) is 2.77. The van der Waals surface area contributed by atoms with Gasteiger partial charge in [-0.3, -0.25) is 4.79 Å². The Morgan fingerprint density at radius 2 is 1.96 bits per heavy atom. The molecule has 1 atom stereocenters. The largest absolute Gasteiger partial charge is 0.354 e. The summed E-state index contributed by atoms with van der Waals surface area (Å²) in [5.41, 5.74) is 0. The number of sulfonamides is 1. The molecule has 0 saturated carbocycles. The van der Waals surface area contributed by atoms with Gasteiger partial charge in [-0.1, -0.05) is 13.8 Å². The number of aromatic nitrogens is 2. The van der Waals surface area contributed by atoms with Crippen molar-refractivity contribution in [1.82, 2.24) is 19.6 Å². The summed E-state index contributed by atoms with van der Waals surface area (Å²) < 4.78 is 28.2. The van der Waals surface area contributed by atoms with Crippen LogP contribution in [0.15, 0.2) is 11.2 Å². The first-order valence-electron chi connectivity index (χ1n) is 7.90. The first kappa shape index (κ1) is 19.6. The Morgan fingerprint density at radius 3 is 2.48 bits per heavy atom. The maximum absolute atomic E-state index is 12.1. The van der Waals surface area contributed by atoms with Crippen LogP contribution < -0.4 is 10.0 Å². The van der Waals surface area contributed by atoms with E-state index in [1.165, 1.54) is 6.20 Å². The Balaban J connectivity index is 2.39. The number of aryl methyl sites for hydroxylation is 2. The van der Waals surface area contributed by atoms with E-state index in [0.29, 0.717) is 11.7 Å². The number of hydrogen-bond acceptors (Lipinski definition) is 4. The highest BCUT2D eigenvalue weighted by Gasteiger charge is 2.18. The normalized spacial score (nSPS) is 13.3. The average molecular weight is 344 g/mol. The molecule has 0 aromatic carbocycles. The molecule has 0 fully saturated rings. The molecule has 0 saturated heterocycles. The molecule has 0 aliphatic carbocycles. The quantitative estimate of drug-likeness (QED) is 0.707. The number of rotatable bonds is 9. The van der Waals surface area contributed by atoms with Gasteiger partial charge in [0.05, 0.1) is 0 Å². The minimum Gasteiger partial charge on any atom is -0.354 e. The topological polar surface area (TPSA) is 93.1 Å². The van der Waals surface area contributed by atoms with E-state index in [1.54, 1.807) is 18.5 Å². The molecule has 1 unspecified atom stereocenters. The monoisotopic (exact) mass is 344 g/mol. The number of carbonyl (C=O) groups excluding carboxylic acids is 1. The van der Waals surface area contributed by atoms with Crippen LogP contribution in [0.25, 0.3) is 0 Å². The van der Waals surface area contributed by atoms with E-state index in [0.717, 1.165) is 12.8 Å². The van der Waals surface area contributed by atoms with Gasteiger partial charge >= 0.3 is 0 Å². The highest BCUT2D eigenvalue weighted by molar-refractivity contribution is 7.89. The lowest BCUT2D eigenvalue weighted by atomic mass is 10.0. The Kier molecular flexibility index (Phi) is 7.21. The summed E-state index contributed by atoms with van der Waals surface area (Å²) >= 11 is 0. The zero-order valence-electron chi connectivity index (χ0n) is 14.6. The van der Waals surface area contributed by atoms with E-state index in [9.17, 15) is 13.2 Å². The molecule has 1 heterocycles. The molecule has 1 aromatic rings. The third-order valence-corrected chi connectivity index (χ3v) is 4.92. The molecular formula is C15H28N4O3S. The standard InChI is InChI=1S/C15H28N4O3S/c1-11(2)6-7-12(3)17-14(20)8-9-16-23(21,22)15-10-19(5)13(4)18-15/h10-12,16H,6-9H2,1-5H3,(H,17,20). The van der Waals surface area contributed by atoms with Crippen LogP contribution in [0.5, 0.6) is 0 Å². The molecule has 8 heteroatoms. The second kappa shape index (κ2) is 8.44. The lowest BCUT2D eigenvalue weighted by molar-refractivity contribution is -0.121. The molecule has 1 amide bonds. The molecule has 0 aliphatic heterocycles. The third kappa shape index (κ3) is 6.70. The Morgan fingerprint density at radius 1 is 1.30 bits per heavy atom. The lowest BCUT2D eigenvalue weighted by Crippen LogP contribution is -2.35. The van der Waals surface area contributed by atoms with Crippen LogP contribution in [-0.2, 0) is 21.9 Å². The van der Waals surface area contributed by atoms with E-state index >= 15 is 0 Å². The summed E-state index contributed by atoms with van der Waals surface area (Å²) in [4.78, 5) is 15.8.